The number of nitrogens with zero attached hydrogens (tertiary/aromatic N) is 1. The van der Waals surface area contributed by atoms with E-state index in [1.165, 1.54) is 6.92 Å². The first kappa shape index (κ1) is 21.2. The van der Waals surface area contributed by atoms with Gasteiger partial charge in [-0.05, 0) is 23.8 Å². The normalized spacial score (nSPS) is 10.1. The minimum absolute atomic E-state index is 0.0889. The van der Waals surface area contributed by atoms with Crippen LogP contribution in [0.15, 0.2) is 48.5 Å². The zero-order chi connectivity index (χ0) is 20.5. The van der Waals surface area contributed by atoms with E-state index in [1.54, 1.807) is 30.1 Å². The standard InChI is InChI=1S/C20H23ClN4O3/c1-14(26)23-16-8-9-17(21)18(12-16)24-19(27)10-11-22-20(28)25(2)13-15-6-4-3-5-7-15/h3-9,12H,10-11,13H2,1-2H3,(H,22,28)(H,23,26)(H,24,27). The van der Waals surface area contributed by atoms with Gasteiger partial charge in [0.1, 0.15) is 0 Å². The Labute approximate surface area is 169 Å². The summed E-state index contributed by atoms with van der Waals surface area (Å²) in [6.07, 6.45) is 0.0889. The molecule has 4 amide bonds. The summed E-state index contributed by atoms with van der Waals surface area (Å²) < 4.78 is 0. The Bertz CT molecular complexity index is 843. The van der Waals surface area contributed by atoms with Crippen molar-refractivity contribution in [3.05, 3.63) is 59.1 Å². The van der Waals surface area contributed by atoms with Crippen molar-refractivity contribution in [1.29, 1.82) is 0 Å². The highest BCUT2D eigenvalue weighted by Crippen LogP contribution is 2.25. The summed E-state index contributed by atoms with van der Waals surface area (Å²) in [5.41, 5.74) is 1.94. The van der Waals surface area contributed by atoms with Crippen molar-refractivity contribution in [3.63, 3.8) is 0 Å². The second kappa shape index (κ2) is 10.3. The molecular formula is C20H23ClN4O3. The van der Waals surface area contributed by atoms with Gasteiger partial charge < -0.3 is 20.9 Å². The third kappa shape index (κ3) is 6.92. The Morgan fingerprint density at radius 2 is 1.75 bits per heavy atom. The van der Waals surface area contributed by atoms with Crippen LogP contribution in [0.2, 0.25) is 5.02 Å². The van der Waals surface area contributed by atoms with Crippen molar-refractivity contribution in [2.24, 2.45) is 0 Å². The summed E-state index contributed by atoms with van der Waals surface area (Å²) in [7, 11) is 1.69. The van der Waals surface area contributed by atoms with Crippen LogP contribution in [0.3, 0.4) is 0 Å². The maximum absolute atomic E-state index is 12.1. The molecule has 0 aliphatic heterocycles. The highest BCUT2D eigenvalue weighted by Gasteiger charge is 2.11. The van der Waals surface area contributed by atoms with Crippen molar-refractivity contribution in [1.82, 2.24) is 10.2 Å². The molecule has 0 saturated carbocycles. The number of nitrogens with one attached hydrogen (secondary N) is 3. The molecule has 28 heavy (non-hydrogen) atoms. The number of carbonyl (C=O) groups excluding carboxylic acids is 3. The van der Waals surface area contributed by atoms with E-state index in [9.17, 15) is 14.4 Å². The van der Waals surface area contributed by atoms with E-state index in [0.717, 1.165) is 5.56 Å². The molecular weight excluding hydrogens is 380 g/mol. The third-order valence-corrected chi connectivity index (χ3v) is 4.13. The van der Waals surface area contributed by atoms with Gasteiger partial charge in [-0.2, -0.15) is 0 Å². The number of amides is 4. The summed E-state index contributed by atoms with van der Waals surface area (Å²) in [6, 6.07) is 14.2. The Morgan fingerprint density at radius 1 is 1.04 bits per heavy atom. The summed E-state index contributed by atoms with van der Waals surface area (Å²) in [6.45, 7) is 2.06. The zero-order valence-corrected chi connectivity index (χ0v) is 16.5. The van der Waals surface area contributed by atoms with Crippen LogP contribution in [0.25, 0.3) is 0 Å². The lowest BCUT2D eigenvalue weighted by atomic mass is 10.2. The first-order valence-electron chi connectivity index (χ1n) is 8.75. The number of benzene rings is 2. The molecule has 148 valence electrons. The number of hydrogen-bond acceptors (Lipinski definition) is 3. The van der Waals surface area contributed by atoms with E-state index in [4.69, 9.17) is 11.6 Å². The number of carbonyl (C=O) groups is 3. The molecule has 0 fully saturated rings. The fourth-order valence-electron chi connectivity index (χ4n) is 2.46. The second-order valence-corrected chi connectivity index (χ2v) is 6.65. The minimum Gasteiger partial charge on any atom is -0.337 e. The number of halogens is 1. The molecule has 0 atom stereocenters. The smallest absolute Gasteiger partial charge is 0.317 e. The average molecular weight is 403 g/mol. The lowest BCUT2D eigenvalue weighted by Crippen LogP contribution is -2.38. The van der Waals surface area contributed by atoms with Gasteiger partial charge in [0.25, 0.3) is 0 Å². The monoisotopic (exact) mass is 402 g/mol. The lowest BCUT2D eigenvalue weighted by Gasteiger charge is -2.18. The van der Waals surface area contributed by atoms with Gasteiger partial charge in [-0.1, -0.05) is 41.9 Å². The van der Waals surface area contributed by atoms with Crippen LogP contribution in [-0.4, -0.2) is 36.3 Å². The van der Waals surface area contributed by atoms with E-state index in [2.05, 4.69) is 16.0 Å². The van der Waals surface area contributed by atoms with E-state index >= 15 is 0 Å². The number of rotatable bonds is 7. The van der Waals surface area contributed by atoms with Crippen LogP contribution in [-0.2, 0) is 16.1 Å². The molecule has 2 rings (SSSR count). The van der Waals surface area contributed by atoms with Crippen molar-refractivity contribution >= 4 is 40.8 Å². The molecule has 0 aliphatic rings. The first-order chi connectivity index (χ1) is 13.3. The Morgan fingerprint density at radius 3 is 2.43 bits per heavy atom. The van der Waals surface area contributed by atoms with E-state index in [1.807, 2.05) is 30.3 Å². The predicted molar refractivity (Wildman–Crippen MR) is 110 cm³/mol. The summed E-state index contributed by atoms with van der Waals surface area (Å²) in [5, 5.41) is 8.37. The van der Waals surface area contributed by atoms with Crippen LogP contribution in [0.5, 0.6) is 0 Å². The maximum atomic E-state index is 12.1. The van der Waals surface area contributed by atoms with E-state index in [-0.39, 0.29) is 30.8 Å². The van der Waals surface area contributed by atoms with Crippen molar-refractivity contribution in [2.45, 2.75) is 19.9 Å². The van der Waals surface area contributed by atoms with E-state index < -0.39 is 0 Å². The van der Waals surface area contributed by atoms with Crippen LogP contribution >= 0.6 is 11.6 Å². The lowest BCUT2D eigenvalue weighted by molar-refractivity contribution is -0.116. The van der Waals surface area contributed by atoms with Crippen LogP contribution in [0.4, 0.5) is 16.2 Å². The maximum Gasteiger partial charge on any atom is 0.317 e. The summed E-state index contributed by atoms with van der Waals surface area (Å²) >= 11 is 6.08. The topological polar surface area (TPSA) is 90.5 Å². The highest BCUT2D eigenvalue weighted by molar-refractivity contribution is 6.33. The van der Waals surface area contributed by atoms with Gasteiger partial charge in [0.05, 0.1) is 10.7 Å². The fourth-order valence-corrected chi connectivity index (χ4v) is 2.63. The molecule has 2 aromatic carbocycles. The summed E-state index contributed by atoms with van der Waals surface area (Å²) in [5.74, 6) is -0.519. The van der Waals surface area contributed by atoms with Gasteiger partial charge in [-0.3, -0.25) is 9.59 Å². The SMILES string of the molecule is CC(=O)Nc1ccc(Cl)c(NC(=O)CCNC(=O)N(C)Cc2ccccc2)c1. The fraction of sp³-hybridized carbons (Fsp3) is 0.250. The predicted octanol–water partition coefficient (Wildman–Crippen LogP) is 3.47. The Kier molecular flexibility index (Phi) is 7.83. The van der Waals surface area contributed by atoms with Gasteiger partial charge in [-0.25, -0.2) is 4.79 Å². The van der Waals surface area contributed by atoms with Crippen molar-refractivity contribution in [3.8, 4) is 0 Å². The molecule has 0 saturated heterocycles. The second-order valence-electron chi connectivity index (χ2n) is 6.25. The third-order valence-electron chi connectivity index (χ3n) is 3.80. The molecule has 0 bridgehead atoms. The van der Waals surface area contributed by atoms with Gasteiger partial charge in [0.2, 0.25) is 11.8 Å². The van der Waals surface area contributed by atoms with Gasteiger partial charge in [0.15, 0.2) is 0 Å². The van der Waals surface area contributed by atoms with Gasteiger partial charge in [-0.15, -0.1) is 0 Å². The molecule has 7 nitrogen and oxygen atoms in total. The molecule has 3 N–H and O–H groups in total. The molecule has 8 heteroatoms. The van der Waals surface area contributed by atoms with Crippen LogP contribution in [0, 0.1) is 0 Å². The number of anilines is 2. The molecule has 0 unspecified atom stereocenters. The minimum atomic E-state index is -0.298. The molecule has 0 aliphatic carbocycles. The molecule has 0 heterocycles. The van der Waals surface area contributed by atoms with Crippen LogP contribution < -0.4 is 16.0 Å². The quantitative estimate of drug-likeness (QED) is 0.662. The largest absolute Gasteiger partial charge is 0.337 e. The van der Waals surface area contributed by atoms with E-state index in [0.29, 0.717) is 22.9 Å². The van der Waals surface area contributed by atoms with Gasteiger partial charge >= 0.3 is 6.03 Å². The van der Waals surface area contributed by atoms with Gasteiger partial charge in [0, 0.05) is 39.2 Å². The van der Waals surface area contributed by atoms with Crippen molar-refractivity contribution in [2.75, 3.05) is 24.2 Å². The molecule has 0 radical (unpaired) electrons. The van der Waals surface area contributed by atoms with Crippen LogP contribution in [0.1, 0.15) is 18.9 Å². The Balaban J connectivity index is 1.79. The molecule has 2 aromatic rings. The first-order valence-corrected chi connectivity index (χ1v) is 9.13. The zero-order valence-electron chi connectivity index (χ0n) is 15.8. The highest BCUT2D eigenvalue weighted by atomic mass is 35.5. The summed E-state index contributed by atoms with van der Waals surface area (Å²) in [4.78, 5) is 36.9. The molecule has 0 aromatic heterocycles. The van der Waals surface area contributed by atoms with Crippen molar-refractivity contribution < 1.29 is 14.4 Å². The number of hydrogen-bond donors (Lipinski definition) is 3. The average Bonchev–Trinajstić information content (AvgIpc) is 2.64. The number of urea groups is 1. The Hall–Kier alpha value is -3.06. The molecule has 0 spiro atoms.